The van der Waals surface area contributed by atoms with E-state index < -0.39 is 5.41 Å². The molecule has 0 aliphatic heterocycles. The third kappa shape index (κ3) is 2.36. The van der Waals surface area contributed by atoms with Gasteiger partial charge in [0.2, 0.25) is 5.91 Å². The molecule has 1 rings (SSSR count). The first kappa shape index (κ1) is 11.7. The number of rotatable bonds is 3. The molecule has 0 bridgehead atoms. The van der Waals surface area contributed by atoms with Gasteiger partial charge in [-0.3, -0.25) is 10.2 Å². The fraction of sp³-hybridized carbons (Fsp3) is 0.417. The van der Waals surface area contributed by atoms with Gasteiger partial charge in [-0.25, -0.2) is 5.84 Å². The van der Waals surface area contributed by atoms with Gasteiger partial charge in [-0.2, -0.15) is 0 Å². The van der Waals surface area contributed by atoms with Crippen LogP contribution < -0.4 is 11.3 Å². The highest BCUT2D eigenvalue weighted by molar-refractivity contribution is 5.86. The Bertz CT molecular complexity index is 341. The first-order chi connectivity index (χ1) is 7.02. The van der Waals surface area contributed by atoms with Crippen LogP contribution in [0.5, 0.6) is 0 Å². The van der Waals surface area contributed by atoms with Crippen LogP contribution in [0.15, 0.2) is 24.3 Å². The van der Waals surface area contributed by atoms with Crippen LogP contribution in [-0.2, 0) is 16.6 Å². The second-order valence-electron chi connectivity index (χ2n) is 4.15. The fourth-order valence-electron chi connectivity index (χ4n) is 1.47. The summed E-state index contributed by atoms with van der Waals surface area (Å²) in [5.41, 5.74) is 3.85. The number of carbonyl (C=O) groups excluding carboxylic acids is 1. The minimum absolute atomic E-state index is 0.174. The molecule has 0 unspecified atom stereocenters. The van der Waals surface area contributed by atoms with Crippen LogP contribution >= 0.6 is 0 Å². The van der Waals surface area contributed by atoms with Gasteiger partial charge in [0.25, 0.3) is 0 Å². The Morgan fingerprint density at radius 3 is 2.27 bits per heavy atom. The standard InChI is InChI=1S/C12H18N2O/c1-4-9-5-7-10(8-6-9)12(2,3)11(15)14-13/h5-8H,4,13H2,1-3H3,(H,14,15). The molecule has 0 saturated carbocycles. The highest BCUT2D eigenvalue weighted by atomic mass is 16.2. The van der Waals surface area contributed by atoms with Crippen molar-refractivity contribution in [3.8, 4) is 0 Å². The van der Waals surface area contributed by atoms with Gasteiger partial charge in [0.1, 0.15) is 0 Å². The predicted molar refractivity (Wildman–Crippen MR) is 61.2 cm³/mol. The van der Waals surface area contributed by atoms with Crippen LogP contribution in [0, 0.1) is 0 Å². The lowest BCUT2D eigenvalue weighted by molar-refractivity contribution is -0.125. The zero-order chi connectivity index (χ0) is 11.5. The number of nitrogens with one attached hydrogen (secondary N) is 1. The van der Waals surface area contributed by atoms with E-state index in [1.165, 1.54) is 5.56 Å². The minimum Gasteiger partial charge on any atom is -0.294 e. The van der Waals surface area contributed by atoms with Crippen molar-refractivity contribution in [1.82, 2.24) is 5.43 Å². The van der Waals surface area contributed by atoms with Crippen LogP contribution in [0.25, 0.3) is 0 Å². The maximum absolute atomic E-state index is 11.6. The Morgan fingerprint density at radius 1 is 1.33 bits per heavy atom. The summed E-state index contributed by atoms with van der Waals surface area (Å²) in [6, 6.07) is 8.05. The molecule has 3 heteroatoms. The van der Waals surface area contributed by atoms with Crippen molar-refractivity contribution in [2.24, 2.45) is 5.84 Å². The number of aryl methyl sites for hydroxylation is 1. The van der Waals surface area contributed by atoms with Gasteiger partial charge in [-0.1, -0.05) is 31.2 Å². The Balaban J connectivity index is 3.00. The zero-order valence-electron chi connectivity index (χ0n) is 9.50. The van der Waals surface area contributed by atoms with Crippen molar-refractivity contribution >= 4 is 5.91 Å². The van der Waals surface area contributed by atoms with Crippen LogP contribution in [0.4, 0.5) is 0 Å². The number of hydrazine groups is 1. The SMILES string of the molecule is CCc1ccc(C(C)(C)C(=O)NN)cc1. The van der Waals surface area contributed by atoms with E-state index in [1.54, 1.807) is 0 Å². The largest absolute Gasteiger partial charge is 0.294 e. The number of amides is 1. The zero-order valence-corrected chi connectivity index (χ0v) is 9.50. The summed E-state index contributed by atoms with van der Waals surface area (Å²) < 4.78 is 0. The molecule has 0 aromatic heterocycles. The molecule has 0 saturated heterocycles. The quantitative estimate of drug-likeness (QED) is 0.447. The Hall–Kier alpha value is -1.35. The van der Waals surface area contributed by atoms with Gasteiger partial charge < -0.3 is 0 Å². The maximum atomic E-state index is 11.6. The molecule has 3 nitrogen and oxygen atoms in total. The summed E-state index contributed by atoms with van der Waals surface area (Å²) >= 11 is 0. The molecule has 0 aliphatic carbocycles. The molecule has 0 atom stereocenters. The summed E-state index contributed by atoms with van der Waals surface area (Å²) in [6.45, 7) is 5.82. The summed E-state index contributed by atoms with van der Waals surface area (Å²) in [4.78, 5) is 11.6. The second kappa shape index (κ2) is 4.45. The van der Waals surface area contributed by atoms with Crippen LogP contribution in [0.3, 0.4) is 0 Å². The summed E-state index contributed by atoms with van der Waals surface area (Å²) in [5.74, 6) is 4.98. The van der Waals surface area contributed by atoms with Crippen molar-refractivity contribution in [2.75, 3.05) is 0 Å². The molecule has 3 N–H and O–H groups in total. The molecule has 1 amide bonds. The van der Waals surface area contributed by atoms with E-state index in [2.05, 4.69) is 12.3 Å². The van der Waals surface area contributed by atoms with E-state index >= 15 is 0 Å². The molecule has 1 aromatic rings. The van der Waals surface area contributed by atoms with Crippen molar-refractivity contribution in [1.29, 1.82) is 0 Å². The van der Waals surface area contributed by atoms with Gasteiger partial charge in [0.15, 0.2) is 0 Å². The third-order valence-electron chi connectivity index (χ3n) is 2.78. The maximum Gasteiger partial charge on any atom is 0.243 e. The monoisotopic (exact) mass is 206 g/mol. The van der Waals surface area contributed by atoms with E-state index in [4.69, 9.17) is 5.84 Å². The van der Waals surface area contributed by atoms with E-state index in [9.17, 15) is 4.79 Å². The number of nitrogens with two attached hydrogens (primary N) is 1. The average molecular weight is 206 g/mol. The lowest BCUT2D eigenvalue weighted by Gasteiger charge is -2.22. The molecule has 0 heterocycles. The summed E-state index contributed by atoms with van der Waals surface area (Å²) in [7, 11) is 0. The number of hydrogen-bond donors (Lipinski definition) is 2. The Morgan fingerprint density at radius 2 is 1.87 bits per heavy atom. The highest BCUT2D eigenvalue weighted by Crippen LogP contribution is 2.23. The molecule has 0 fully saturated rings. The van der Waals surface area contributed by atoms with E-state index in [0.29, 0.717) is 0 Å². The lowest BCUT2D eigenvalue weighted by atomic mass is 9.83. The smallest absolute Gasteiger partial charge is 0.243 e. The van der Waals surface area contributed by atoms with Gasteiger partial charge >= 0.3 is 0 Å². The molecule has 15 heavy (non-hydrogen) atoms. The molecule has 0 spiro atoms. The van der Waals surface area contributed by atoms with Gasteiger partial charge in [-0.05, 0) is 31.4 Å². The van der Waals surface area contributed by atoms with E-state index in [1.807, 2.05) is 38.1 Å². The van der Waals surface area contributed by atoms with Crippen molar-refractivity contribution in [2.45, 2.75) is 32.6 Å². The Kier molecular flexibility index (Phi) is 3.48. The van der Waals surface area contributed by atoms with Gasteiger partial charge in [0.05, 0.1) is 5.41 Å². The molecule has 82 valence electrons. The predicted octanol–water partition coefficient (Wildman–Crippen LogP) is 1.52. The molecular formula is C12H18N2O. The van der Waals surface area contributed by atoms with Crippen molar-refractivity contribution < 1.29 is 4.79 Å². The molecule has 0 aliphatic rings. The summed E-state index contributed by atoms with van der Waals surface area (Å²) in [6.07, 6.45) is 1.00. The summed E-state index contributed by atoms with van der Waals surface area (Å²) in [5, 5.41) is 0. The Labute approximate surface area is 90.6 Å². The van der Waals surface area contributed by atoms with Crippen LogP contribution in [-0.4, -0.2) is 5.91 Å². The van der Waals surface area contributed by atoms with Gasteiger partial charge in [0, 0.05) is 0 Å². The average Bonchev–Trinajstić information content (AvgIpc) is 2.28. The normalized spacial score (nSPS) is 11.2. The fourth-order valence-corrected chi connectivity index (χ4v) is 1.47. The molecule has 0 radical (unpaired) electrons. The highest BCUT2D eigenvalue weighted by Gasteiger charge is 2.28. The lowest BCUT2D eigenvalue weighted by Crippen LogP contribution is -2.43. The van der Waals surface area contributed by atoms with Crippen molar-refractivity contribution in [3.05, 3.63) is 35.4 Å². The second-order valence-corrected chi connectivity index (χ2v) is 4.15. The van der Waals surface area contributed by atoms with Crippen LogP contribution in [0.1, 0.15) is 31.9 Å². The topological polar surface area (TPSA) is 55.1 Å². The van der Waals surface area contributed by atoms with Crippen molar-refractivity contribution in [3.63, 3.8) is 0 Å². The minimum atomic E-state index is -0.582. The molecule has 1 aromatic carbocycles. The van der Waals surface area contributed by atoms with Gasteiger partial charge in [-0.15, -0.1) is 0 Å². The van der Waals surface area contributed by atoms with E-state index in [-0.39, 0.29) is 5.91 Å². The van der Waals surface area contributed by atoms with Crippen LogP contribution in [0.2, 0.25) is 0 Å². The van der Waals surface area contributed by atoms with E-state index in [0.717, 1.165) is 12.0 Å². The number of hydrogen-bond acceptors (Lipinski definition) is 2. The third-order valence-corrected chi connectivity index (χ3v) is 2.78. The number of carbonyl (C=O) groups is 1. The number of benzene rings is 1. The molecular weight excluding hydrogens is 188 g/mol. The first-order valence-corrected chi connectivity index (χ1v) is 5.12. The first-order valence-electron chi connectivity index (χ1n) is 5.12.